The molecule has 4 aromatic carbocycles. The predicted octanol–water partition coefficient (Wildman–Crippen LogP) is 6.55. The Morgan fingerprint density at radius 3 is 2.04 bits per heavy atom. The van der Waals surface area contributed by atoms with Gasteiger partial charge in [-0.3, -0.25) is 0 Å². The Bertz CT molecular complexity index is 1440. The van der Waals surface area contributed by atoms with Gasteiger partial charge in [0.05, 0.1) is 11.0 Å². The lowest BCUT2D eigenvalue weighted by Crippen LogP contribution is -1.90. The summed E-state index contributed by atoms with van der Waals surface area (Å²) in [5.74, 6) is 0. The van der Waals surface area contributed by atoms with E-state index in [0.29, 0.717) is 0 Å². The number of nitrogens with zero attached hydrogens (tertiary/aromatic N) is 1. The molecule has 6 rings (SSSR count). The minimum absolute atomic E-state index is 1.26. The first-order chi connectivity index (χ1) is 12.4. The second kappa shape index (κ2) is 4.61. The van der Waals surface area contributed by atoms with E-state index in [0.717, 1.165) is 0 Å². The van der Waals surface area contributed by atoms with E-state index in [2.05, 4.69) is 95.5 Å². The number of para-hydroxylation sites is 1. The van der Waals surface area contributed by atoms with Crippen molar-refractivity contribution in [1.82, 2.24) is 4.40 Å². The highest BCUT2D eigenvalue weighted by molar-refractivity contribution is 6.27. The van der Waals surface area contributed by atoms with Gasteiger partial charge in [-0.2, -0.15) is 0 Å². The van der Waals surface area contributed by atoms with E-state index in [1.165, 1.54) is 48.7 Å². The van der Waals surface area contributed by atoms with Gasteiger partial charge in [0.15, 0.2) is 0 Å². The van der Waals surface area contributed by atoms with Crippen molar-refractivity contribution < 1.29 is 0 Å². The van der Waals surface area contributed by atoms with Crippen LogP contribution in [-0.2, 0) is 0 Å². The van der Waals surface area contributed by atoms with Gasteiger partial charge < -0.3 is 4.40 Å². The summed E-state index contributed by atoms with van der Waals surface area (Å²) >= 11 is 0. The number of rotatable bonds is 0. The van der Waals surface area contributed by atoms with Crippen LogP contribution in [0, 0.1) is 0 Å². The smallest absolute Gasteiger partial charge is 0.0613 e. The molecule has 0 saturated heterocycles. The summed E-state index contributed by atoms with van der Waals surface area (Å²) in [4.78, 5) is 0. The van der Waals surface area contributed by atoms with Crippen LogP contribution in [0.5, 0.6) is 0 Å². The minimum atomic E-state index is 1.26. The summed E-state index contributed by atoms with van der Waals surface area (Å²) in [6, 6.07) is 30.6. The number of benzene rings is 4. The molecule has 6 aromatic rings. The van der Waals surface area contributed by atoms with Crippen LogP contribution in [0.4, 0.5) is 0 Å². The summed E-state index contributed by atoms with van der Waals surface area (Å²) in [5.41, 5.74) is 2.56. The number of hydrogen-bond donors (Lipinski definition) is 0. The van der Waals surface area contributed by atoms with Gasteiger partial charge in [-0.05, 0) is 16.8 Å². The SMILES string of the molecule is c1ccc2c(c1)ccc1c2c2ccccc2n2cc3ccccc3c12. The second-order valence-electron chi connectivity index (χ2n) is 6.66. The summed E-state index contributed by atoms with van der Waals surface area (Å²) in [7, 11) is 0. The molecular formula is C24H15N. The number of aromatic nitrogens is 1. The third-order valence-electron chi connectivity index (χ3n) is 5.34. The molecule has 0 N–H and O–H groups in total. The monoisotopic (exact) mass is 317 g/mol. The van der Waals surface area contributed by atoms with Crippen LogP contribution in [0.1, 0.15) is 0 Å². The molecule has 0 amide bonds. The van der Waals surface area contributed by atoms with Gasteiger partial charge in [0.2, 0.25) is 0 Å². The van der Waals surface area contributed by atoms with Crippen LogP contribution in [0.25, 0.3) is 48.7 Å². The molecule has 0 fully saturated rings. The molecule has 0 spiro atoms. The Morgan fingerprint density at radius 2 is 1.16 bits per heavy atom. The van der Waals surface area contributed by atoms with E-state index in [4.69, 9.17) is 0 Å². The van der Waals surface area contributed by atoms with Gasteiger partial charge in [0.25, 0.3) is 0 Å². The molecule has 0 radical (unpaired) electrons. The Labute approximate surface area is 144 Å². The predicted molar refractivity (Wildman–Crippen MR) is 107 cm³/mol. The highest BCUT2D eigenvalue weighted by atomic mass is 14.9. The van der Waals surface area contributed by atoms with Gasteiger partial charge in [-0.1, -0.05) is 78.9 Å². The molecule has 1 heteroatoms. The van der Waals surface area contributed by atoms with Gasteiger partial charge in [0.1, 0.15) is 0 Å². The number of hydrogen-bond acceptors (Lipinski definition) is 0. The van der Waals surface area contributed by atoms with Crippen LogP contribution in [-0.4, -0.2) is 4.40 Å². The molecule has 2 heterocycles. The number of pyridine rings is 1. The highest BCUT2D eigenvalue weighted by Gasteiger charge is 2.13. The van der Waals surface area contributed by atoms with E-state index in [9.17, 15) is 0 Å². The molecule has 1 nitrogen and oxygen atoms in total. The quantitative estimate of drug-likeness (QED) is 0.280. The average molecular weight is 317 g/mol. The first-order valence-electron chi connectivity index (χ1n) is 8.64. The zero-order chi connectivity index (χ0) is 16.4. The van der Waals surface area contributed by atoms with Crippen molar-refractivity contribution >= 4 is 48.7 Å². The van der Waals surface area contributed by atoms with Crippen molar-refractivity contribution in [3.05, 3.63) is 91.1 Å². The third kappa shape index (κ3) is 1.62. The largest absolute Gasteiger partial charge is 0.315 e. The fourth-order valence-electron chi connectivity index (χ4n) is 4.28. The van der Waals surface area contributed by atoms with Gasteiger partial charge >= 0.3 is 0 Å². The molecule has 0 atom stereocenters. The molecule has 116 valence electrons. The van der Waals surface area contributed by atoms with Crippen molar-refractivity contribution in [2.24, 2.45) is 0 Å². The zero-order valence-electron chi connectivity index (χ0n) is 13.6. The number of fused-ring (bicyclic) bond motifs is 10. The first-order valence-corrected chi connectivity index (χ1v) is 8.64. The zero-order valence-corrected chi connectivity index (χ0v) is 13.6. The summed E-state index contributed by atoms with van der Waals surface area (Å²) in [6.45, 7) is 0. The molecule has 0 bridgehead atoms. The normalized spacial score (nSPS) is 12.0. The van der Waals surface area contributed by atoms with E-state index < -0.39 is 0 Å². The maximum absolute atomic E-state index is 2.36. The maximum Gasteiger partial charge on any atom is 0.0613 e. The minimum Gasteiger partial charge on any atom is -0.315 e. The molecule has 0 aliphatic rings. The highest BCUT2D eigenvalue weighted by Crippen LogP contribution is 2.38. The van der Waals surface area contributed by atoms with Gasteiger partial charge in [0, 0.05) is 33.1 Å². The van der Waals surface area contributed by atoms with Crippen molar-refractivity contribution in [3.63, 3.8) is 0 Å². The average Bonchev–Trinajstić information content (AvgIpc) is 3.07. The second-order valence-corrected chi connectivity index (χ2v) is 6.66. The Hall–Kier alpha value is -3.32. The van der Waals surface area contributed by atoms with Gasteiger partial charge in [-0.15, -0.1) is 0 Å². The Kier molecular flexibility index (Phi) is 2.40. The van der Waals surface area contributed by atoms with Crippen LogP contribution >= 0.6 is 0 Å². The molecule has 0 unspecified atom stereocenters. The van der Waals surface area contributed by atoms with Crippen molar-refractivity contribution in [1.29, 1.82) is 0 Å². The van der Waals surface area contributed by atoms with Crippen LogP contribution in [0.15, 0.2) is 91.1 Å². The van der Waals surface area contributed by atoms with Crippen molar-refractivity contribution in [3.8, 4) is 0 Å². The first kappa shape index (κ1) is 13.0. The molecule has 0 aliphatic heterocycles. The third-order valence-corrected chi connectivity index (χ3v) is 5.34. The fourth-order valence-corrected chi connectivity index (χ4v) is 4.28. The lowest BCUT2D eigenvalue weighted by molar-refractivity contribution is 1.29. The van der Waals surface area contributed by atoms with Crippen LogP contribution in [0.2, 0.25) is 0 Å². The maximum atomic E-state index is 2.36. The lowest BCUT2D eigenvalue weighted by Gasteiger charge is -2.12. The Morgan fingerprint density at radius 1 is 0.480 bits per heavy atom. The summed E-state index contributed by atoms with van der Waals surface area (Å²) in [5, 5.41) is 9.19. The topological polar surface area (TPSA) is 4.41 Å². The van der Waals surface area contributed by atoms with Crippen molar-refractivity contribution in [2.75, 3.05) is 0 Å². The summed E-state index contributed by atoms with van der Waals surface area (Å²) in [6.07, 6.45) is 2.27. The Balaban J connectivity index is 2.07. The van der Waals surface area contributed by atoms with E-state index in [1.807, 2.05) is 0 Å². The molecule has 25 heavy (non-hydrogen) atoms. The van der Waals surface area contributed by atoms with E-state index in [1.54, 1.807) is 0 Å². The standard InChI is InChI=1S/C24H15N/c1-3-9-18-16(7-1)13-14-21-23(18)20-11-5-6-12-22(20)25-15-17-8-2-4-10-19(17)24(21)25/h1-15H. The van der Waals surface area contributed by atoms with E-state index >= 15 is 0 Å². The summed E-state index contributed by atoms with van der Waals surface area (Å²) < 4.78 is 2.36. The fraction of sp³-hybridized carbons (Fsp3) is 0. The molecule has 2 aromatic heterocycles. The van der Waals surface area contributed by atoms with Gasteiger partial charge in [-0.25, -0.2) is 0 Å². The molecule has 0 aliphatic carbocycles. The lowest BCUT2D eigenvalue weighted by atomic mass is 9.97. The molecular weight excluding hydrogens is 302 g/mol. The molecule has 0 saturated carbocycles. The van der Waals surface area contributed by atoms with Crippen LogP contribution in [0.3, 0.4) is 0 Å². The van der Waals surface area contributed by atoms with Crippen molar-refractivity contribution in [2.45, 2.75) is 0 Å². The van der Waals surface area contributed by atoms with Crippen LogP contribution < -0.4 is 0 Å². The van der Waals surface area contributed by atoms with E-state index in [-0.39, 0.29) is 0 Å².